The SMILES string of the molecule is CCC1CN2CCCC2CN1S(=O)(=O)c1cn(C)c(C)n1. The molecule has 0 amide bonds. The molecule has 0 bridgehead atoms. The maximum atomic E-state index is 12.9. The Morgan fingerprint density at radius 3 is 2.76 bits per heavy atom. The van der Waals surface area contributed by atoms with E-state index in [0.29, 0.717) is 12.6 Å². The highest BCUT2D eigenvalue weighted by Crippen LogP contribution is 2.29. The van der Waals surface area contributed by atoms with Crippen LogP contribution in [-0.2, 0) is 17.1 Å². The van der Waals surface area contributed by atoms with Crippen molar-refractivity contribution in [1.29, 1.82) is 0 Å². The average molecular weight is 312 g/mol. The Labute approximate surface area is 126 Å². The maximum Gasteiger partial charge on any atom is 0.262 e. The molecule has 3 heterocycles. The van der Waals surface area contributed by atoms with E-state index in [2.05, 4.69) is 16.8 Å². The lowest BCUT2D eigenvalue weighted by atomic mass is 10.1. The third-order valence-electron chi connectivity index (χ3n) is 4.87. The smallest absolute Gasteiger partial charge is 0.262 e. The third kappa shape index (κ3) is 2.51. The molecular formula is C14H24N4O2S. The Bertz CT molecular complexity index is 605. The van der Waals surface area contributed by atoms with E-state index in [-0.39, 0.29) is 11.1 Å². The van der Waals surface area contributed by atoms with Gasteiger partial charge in [-0.25, -0.2) is 13.4 Å². The first-order chi connectivity index (χ1) is 9.93. The van der Waals surface area contributed by atoms with Gasteiger partial charge in [0, 0.05) is 38.4 Å². The summed E-state index contributed by atoms with van der Waals surface area (Å²) in [5, 5.41) is 0.187. The number of imidazole rings is 1. The highest BCUT2D eigenvalue weighted by atomic mass is 32.2. The second-order valence-electron chi connectivity index (χ2n) is 6.17. The largest absolute Gasteiger partial charge is 0.337 e. The fourth-order valence-electron chi connectivity index (χ4n) is 3.46. The van der Waals surface area contributed by atoms with E-state index in [1.807, 2.05) is 14.0 Å². The molecule has 0 N–H and O–H groups in total. The van der Waals surface area contributed by atoms with Crippen LogP contribution in [0.2, 0.25) is 0 Å². The molecule has 6 nitrogen and oxygen atoms in total. The number of aromatic nitrogens is 2. The van der Waals surface area contributed by atoms with Gasteiger partial charge in [0.25, 0.3) is 10.0 Å². The Morgan fingerprint density at radius 1 is 1.38 bits per heavy atom. The van der Waals surface area contributed by atoms with Crippen molar-refractivity contribution in [2.45, 2.75) is 50.2 Å². The zero-order valence-corrected chi connectivity index (χ0v) is 13.8. The molecule has 0 radical (unpaired) electrons. The van der Waals surface area contributed by atoms with E-state index in [9.17, 15) is 8.42 Å². The summed E-state index contributed by atoms with van der Waals surface area (Å²) in [5.74, 6) is 0.723. The van der Waals surface area contributed by atoms with Crippen LogP contribution in [0, 0.1) is 6.92 Å². The van der Waals surface area contributed by atoms with E-state index in [1.54, 1.807) is 15.1 Å². The van der Waals surface area contributed by atoms with Gasteiger partial charge in [-0.3, -0.25) is 4.90 Å². The van der Waals surface area contributed by atoms with E-state index >= 15 is 0 Å². The number of fused-ring (bicyclic) bond motifs is 1. The van der Waals surface area contributed by atoms with Crippen molar-refractivity contribution >= 4 is 10.0 Å². The topological polar surface area (TPSA) is 58.4 Å². The predicted octanol–water partition coefficient (Wildman–Crippen LogP) is 0.976. The Kier molecular flexibility index (Phi) is 3.83. The molecule has 7 heteroatoms. The number of sulfonamides is 1. The second-order valence-corrected chi connectivity index (χ2v) is 8.00. The summed E-state index contributed by atoms with van der Waals surface area (Å²) < 4.78 is 29.3. The second kappa shape index (κ2) is 5.37. The Hall–Kier alpha value is -0.920. The van der Waals surface area contributed by atoms with Crippen molar-refractivity contribution in [3.8, 4) is 0 Å². The van der Waals surface area contributed by atoms with Gasteiger partial charge in [-0.1, -0.05) is 6.92 Å². The minimum atomic E-state index is -3.49. The van der Waals surface area contributed by atoms with Crippen molar-refractivity contribution in [1.82, 2.24) is 18.8 Å². The van der Waals surface area contributed by atoms with Crippen molar-refractivity contribution in [3.05, 3.63) is 12.0 Å². The van der Waals surface area contributed by atoms with Gasteiger partial charge in [-0.2, -0.15) is 4.31 Å². The molecule has 2 fully saturated rings. The third-order valence-corrected chi connectivity index (χ3v) is 6.66. The summed E-state index contributed by atoms with van der Waals surface area (Å²) in [6.45, 7) is 6.46. The van der Waals surface area contributed by atoms with Crippen LogP contribution in [0.1, 0.15) is 32.0 Å². The number of nitrogens with zero attached hydrogens (tertiary/aromatic N) is 4. The number of piperazine rings is 1. The van der Waals surface area contributed by atoms with E-state index in [0.717, 1.165) is 31.8 Å². The highest BCUT2D eigenvalue weighted by molar-refractivity contribution is 7.89. The van der Waals surface area contributed by atoms with Crippen LogP contribution in [0.3, 0.4) is 0 Å². The number of aryl methyl sites for hydroxylation is 2. The molecule has 1 aromatic rings. The molecule has 2 unspecified atom stereocenters. The molecule has 0 saturated carbocycles. The van der Waals surface area contributed by atoms with Crippen LogP contribution in [-0.4, -0.2) is 58.9 Å². The lowest BCUT2D eigenvalue weighted by Gasteiger charge is -2.42. The molecule has 2 atom stereocenters. The molecule has 3 rings (SSSR count). The van der Waals surface area contributed by atoms with Gasteiger partial charge in [-0.05, 0) is 32.7 Å². The summed E-state index contributed by atoms with van der Waals surface area (Å²) in [7, 11) is -1.66. The summed E-state index contributed by atoms with van der Waals surface area (Å²) >= 11 is 0. The standard InChI is InChI=1S/C14H24N4O2S/c1-4-12-8-17-7-5-6-13(17)9-18(12)21(19,20)14-10-16(3)11(2)15-14/h10,12-13H,4-9H2,1-3H3. The van der Waals surface area contributed by atoms with Crippen molar-refractivity contribution in [3.63, 3.8) is 0 Å². The lowest BCUT2D eigenvalue weighted by Crippen LogP contribution is -2.57. The summed E-state index contributed by atoms with van der Waals surface area (Å²) in [6, 6.07) is 0.444. The molecule has 0 aromatic carbocycles. The summed E-state index contributed by atoms with van der Waals surface area (Å²) in [4.78, 5) is 6.68. The Balaban J connectivity index is 1.92. The zero-order valence-electron chi connectivity index (χ0n) is 13.0. The van der Waals surface area contributed by atoms with E-state index < -0.39 is 10.0 Å². The first kappa shape index (κ1) is 15.0. The normalized spacial score (nSPS) is 28.0. The van der Waals surface area contributed by atoms with Gasteiger partial charge in [0.2, 0.25) is 0 Å². The zero-order chi connectivity index (χ0) is 15.2. The maximum absolute atomic E-state index is 12.9. The molecule has 0 aliphatic carbocycles. The molecule has 2 aliphatic rings. The van der Waals surface area contributed by atoms with Gasteiger partial charge >= 0.3 is 0 Å². The minimum Gasteiger partial charge on any atom is -0.337 e. The van der Waals surface area contributed by atoms with Gasteiger partial charge in [0.1, 0.15) is 5.82 Å². The first-order valence-electron chi connectivity index (χ1n) is 7.69. The van der Waals surface area contributed by atoms with Gasteiger partial charge in [-0.15, -0.1) is 0 Å². The van der Waals surface area contributed by atoms with Crippen LogP contribution in [0.4, 0.5) is 0 Å². The number of hydrogen-bond donors (Lipinski definition) is 0. The van der Waals surface area contributed by atoms with Crippen LogP contribution < -0.4 is 0 Å². The molecule has 1 aromatic heterocycles. The number of hydrogen-bond acceptors (Lipinski definition) is 4. The number of rotatable bonds is 3. The highest BCUT2D eigenvalue weighted by Gasteiger charge is 2.42. The van der Waals surface area contributed by atoms with Crippen molar-refractivity contribution in [2.75, 3.05) is 19.6 Å². The van der Waals surface area contributed by atoms with Gasteiger partial charge < -0.3 is 4.57 Å². The quantitative estimate of drug-likeness (QED) is 0.835. The lowest BCUT2D eigenvalue weighted by molar-refractivity contribution is 0.106. The minimum absolute atomic E-state index is 0.0617. The molecule has 118 valence electrons. The summed E-state index contributed by atoms with van der Waals surface area (Å²) in [6.07, 6.45) is 4.74. The van der Waals surface area contributed by atoms with Gasteiger partial charge in [0.15, 0.2) is 5.03 Å². The van der Waals surface area contributed by atoms with Crippen LogP contribution in [0.5, 0.6) is 0 Å². The van der Waals surface area contributed by atoms with Crippen molar-refractivity contribution in [2.24, 2.45) is 7.05 Å². The molecular weight excluding hydrogens is 288 g/mol. The molecule has 0 spiro atoms. The Morgan fingerprint density at radius 2 is 2.14 bits per heavy atom. The van der Waals surface area contributed by atoms with Gasteiger partial charge in [0.05, 0.1) is 0 Å². The van der Waals surface area contributed by atoms with E-state index in [4.69, 9.17) is 0 Å². The van der Waals surface area contributed by atoms with Crippen LogP contribution >= 0.6 is 0 Å². The van der Waals surface area contributed by atoms with E-state index in [1.165, 1.54) is 6.42 Å². The molecule has 2 saturated heterocycles. The molecule has 21 heavy (non-hydrogen) atoms. The molecule has 2 aliphatic heterocycles. The van der Waals surface area contributed by atoms with Crippen LogP contribution in [0.25, 0.3) is 0 Å². The van der Waals surface area contributed by atoms with Crippen LogP contribution in [0.15, 0.2) is 11.2 Å². The fraction of sp³-hybridized carbons (Fsp3) is 0.786. The first-order valence-corrected chi connectivity index (χ1v) is 9.13. The average Bonchev–Trinajstić information content (AvgIpc) is 3.04. The monoisotopic (exact) mass is 312 g/mol. The van der Waals surface area contributed by atoms with Crippen molar-refractivity contribution < 1.29 is 8.42 Å². The predicted molar refractivity (Wildman–Crippen MR) is 80.5 cm³/mol. The summed E-state index contributed by atoms with van der Waals surface area (Å²) in [5.41, 5.74) is 0. The fourth-order valence-corrected chi connectivity index (χ4v) is 5.21.